The van der Waals surface area contributed by atoms with Crippen molar-refractivity contribution in [2.45, 2.75) is 18.3 Å². The summed E-state index contributed by atoms with van der Waals surface area (Å²) < 4.78 is 20.7. The summed E-state index contributed by atoms with van der Waals surface area (Å²) in [6.45, 7) is 4.27. The fraction of sp³-hybridized carbons (Fsp3) is 0.214. The van der Waals surface area contributed by atoms with Gasteiger partial charge in [0, 0.05) is 6.54 Å². The summed E-state index contributed by atoms with van der Waals surface area (Å²) in [6, 6.07) is 8.21. The predicted octanol–water partition coefficient (Wildman–Crippen LogP) is 2.80. The van der Waals surface area contributed by atoms with Crippen LogP contribution in [0.1, 0.15) is 5.82 Å². The number of ether oxygens (including phenoxy) is 1. The van der Waals surface area contributed by atoms with Crippen molar-refractivity contribution in [1.82, 2.24) is 14.8 Å². The van der Waals surface area contributed by atoms with Crippen molar-refractivity contribution in [1.29, 1.82) is 5.26 Å². The normalized spacial score (nSPS) is 10.1. The third-order valence-electron chi connectivity index (χ3n) is 2.56. The topological polar surface area (TPSA) is 63.7 Å². The Morgan fingerprint density at radius 1 is 1.43 bits per heavy atom. The minimum atomic E-state index is -0.425. The number of halogens is 1. The third-order valence-corrected chi connectivity index (χ3v) is 3.40. The Hall–Kier alpha value is -2.33. The molecule has 0 amide bonds. The van der Waals surface area contributed by atoms with Crippen molar-refractivity contribution in [3.05, 3.63) is 48.6 Å². The predicted molar refractivity (Wildman–Crippen MR) is 77.3 cm³/mol. The summed E-state index contributed by atoms with van der Waals surface area (Å²) in [5.41, 5.74) is 0. The van der Waals surface area contributed by atoms with E-state index in [1.54, 1.807) is 28.8 Å². The van der Waals surface area contributed by atoms with Crippen molar-refractivity contribution < 1.29 is 9.13 Å². The zero-order chi connectivity index (χ0) is 15.1. The van der Waals surface area contributed by atoms with Gasteiger partial charge in [-0.05, 0) is 12.1 Å². The standard InChI is InChI=1S/C14H13FN4OS/c1-2-8-19-13(17-18-14(19)21-9-7-16)10-20-12-6-4-3-5-11(12)15/h2-6H,1,8-10H2. The first-order valence-electron chi connectivity index (χ1n) is 6.16. The van der Waals surface area contributed by atoms with Crippen molar-refractivity contribution >= 4 is 11.8 Å². The molecule has 1 heterocycles. The second kappa shape index (κ2) is 7.45. The van der Waals surface area contributed by atoms with Gasteiger partial charge in [0.2, 0.25) is 0 Å². The molecule has 0 saturated carbocycles. The van der Waals surface area contributed by atoms with Gasteiger partial charge in [-0.15, -0.1) is 16.8 Å². The van der Waals surface area contributed by atoms with Crippen LogP contribution in [0.3, 0.4) is 0 Å². The van der Waals surface area contributed by atoms with E-state index in [-0.39, 0.29) is 18.1 Å². The Morgan fingerprint density at radius 2 is 2.24 bits per heavy atom. The highest BCUT2D eigenvalue weighted by Crippen LogP contribution is 2.20. The van der Waals surface area contributed by atoms with Crippen LogP contribution in [0.2, 0.25) is 0 Å². The molecule has 2 aromatic rings. The number of aromatic nitrogens is 3. The molecule has 1 aromatic carbocycles. The quantitative estimate of drug-likeness (QED) is 0.581. The number of allylic oxidation sites excluding steroid dienone is 1. The second-order valence-corrected chi connectivity index (χ2v) is 4.91. The van der Waals surface area contributed by atoms with Gasteiger partial charge in [0.05, 0.1) is 11.8 Å². The molecular weight excluding hydrogens is 291 g/mol. The molecule has 0 aliphatic carbocycles. The van der Waals surface area contributed by atoms with Crippen LogP contribution in [-0.2, 0) is 13.2 Å². The molecule has 0 aliphatic rings. The molecule has 0 aliphatic heterocycles. The monoisotopic (exact) mass is 304 g/mol. The van der Waals surface area contributed by atoms with Crippen LogP contribution < -0.4 is 4.74 Å². The minimum absolute atomic E-state index is 0.0921. The van der Waals surface area contributed by atoms with Crippen molar-refractivity contribution in [2.24, 2.45) is 0 Å². The first-order chi connectivity index (χ1) is 10.3. The first kappa shape index (κ1) is 15.1. The lowest BCUT2D eigenvalue weighted by Gasteiger charge is -2.09. The lowest BCUT2D eigenvalue weighted by atomic mass is 10.3. The maximum Gasteiger partial charge on any atom is 0.192 e. The van der Waals surface area contributed by atoms with E-state index in [2.05, 4.69) is 16.8 Å². The lowest BCUT2D eigenvalue weighted by molar-refractivity contribution is 0.275. The van der Waals surface area contributed by atoms with Gasteiger partial charge in [-0.1, -0.05) is 30.0 Å². The van der Waals surface area contributed by atoms with Gasteiger partial charge in [0.25, 0.3) is 0 Å². The highest BCUT2D eigenvalue weighted by molar-refractivity contribution is 7.99. The lowest BCUT2D eigenvalue weighted by Crippen LogP contribution is -2.08. The molecule has 0 fully saturated rings. The summed E-state index contributed by atoms with van der Waals surface area (Å²) in [6.07, 6.45) is 1.70. The third kappa shape index (κ3) is 3.83. The number of nitriles is 1. The fourth-order valence-corrected chi connectivity index (χ4v) is 2.27. The Balaban J connectivity index is 2.12. The number of hydrogen-bond donors (Lipinski definition) is 0. The Bertz CT molecular complexity index is 665. The van der Waals surface area contributed by atoms with Crippen LogP contribution in [0.15, 0.2) is 42.1 Å². The summed E-state index contributed by atoms with van der Waals surface area (Å²) >= 11 is 1.28. The molecule has 0 spiro atoms. The largest absolute Gasteiger partial charge is 0.483 e. The fourth-order valence-electron chi connectivity index (χ4n) is 1.65. The van der Waals surface area contributed by atoms with Crippen molar-refractivity contribution in [2.75, 3.05) is 5.75 Å². The second-order valence-electron chi connectivity index (χ2n) is 3.96. The first-order valence-corrected chi connectivity index (χ1v) is 7.15. The van der Waals surface area contributed by atoms with Gasteiger partial charge in [0.1, 0.15) is 6.61 Å². The SMILES string of the molecule is C=CCn1c(COc2ccccc2F)nnc1SCC#N. The summed E-state index contributed by atoms with van der Waals surface area (Å²) in [5.74, 6) is 0.575. The molecule has 1 aromatic heterocycles. The van der Waals surface area contributed by atoms with E-state index in [4.69, 9.17) is 10.00 Å². The average molecular weight is 304 g/mol. The minimum Gasteiger partial charge on any atom is -0.483 e. The maximum absolute atomic E-state index is 13.5. The van der Waals surface area contributed by atoms with Gasteiger partial charge in [-0.25, -0.2) is 4.39 Å². The van der Waals surface area contributed by atoms with Crippen molar-refractivity contribution in [3.8, 4) is 11.8 Å². The molecule has 0 radical (unpaired) electrons. The van der Waals surface area contributed by atoms with E-state index in [1.807, 2.05) is 6.07 Å². The number of thioether (sulfide) groups is 1. The highest BCUT2D eigenvalue weighted by atomic mass is 32.2. The number of nitrogens with zero attached hydrogens (tertiary/aromatic N) is 4. The summed E-state index contributed by atoms with van der Waals surface area (Å²) in [7, 11) is 0. The average Bonchev–Trinajstić information content (AvgIpc) is 2.87. The molecule has 2 rings (SSSR count). The van der Waals surface area contributed by atoms with E-state index in [9.17, 15) is 4.39 Å². The molecule has 0 bridgehead atoms. The molecule has 7 heteroatoms. The Morgan fingerprint density at radius 3 is 2.95 bits per heavy atom. The zero-order valence-electron chi connectivity index (χ0n) is 11.2. The molecule has 21 heavy (non-hydrogen) atoms. The number of rotatable bonds is 7. The molecule has 0 unspecified atom stereocenters. The Kier molecular flexibility index (Phi) is 5.35. The van der Waals surface area contributed by atoms with E-state index < -0.39 is 5.82 Å². The highest BCUT2D eigenvalue weighted by Gasteiger charge is 2.13. The molecular formula is C14H13FN4OS. The smallest absolute Gasteiger partial charge is 0.192 e. The van der Waals surface area contributed by atoms with Gasteiger partial charge < -0.3 is 4.74 Å². The van der Waals surface area contributed by atoms with Crippen LogP contribution in [-0.4, -0.2) is 20.5 Å². The summed E-state index contributed by atoms with van der Waals surface area (Å²) in [4.78, 5) is 0. The van der Waals surface area contributed by atoms with E-state index in [0.717, 1.165) is 0 Å². The molecule has 0 saturated heterocycles. The number of hydrogen-bond acceptors (Lipinski definition) is 5. The van der Waals surface area contributed by atoms with E-state index in [0.29, 0.717) is 17.5 Å². The molecule has 108 valence electrons. The number of para-hydroxylation sites is 1. The van der Waals surface area contributed by atoms with E-state index >= 15 is 0 Å². The molecule has 0 atom stereocenters. The van der Waals surface area contributed by atoms with E-state index in [1.165, 1.54) is 17.8 Å². The van der Waals surface area contributed by atoms with Gasteiger partial charge >= 0.3 is 0 Å². The van der Waals surface area contributed by atoms with Crippen LogP contribution >= 0.6 is 11.8 Å². The molecule has 5 nitrogen and oxygen atoms in total. The summed E-state index contributed by atoms with van der Waals surface area (Å²) in [5, 5.41) is 17.3. The Labute approximate surface area is 126 Å². The van der Waals surface area contributed by atoms with Crippen molar-refractivity contribution in [3.63, 3.8) is 0 Å². The van der Waals surface area contributed by atoms with Gasteiger partial charge in [-0.3, -0.25) is 4.57 Å². The maximum atomic E-state index is 13.5. The van der Waals surface area contributed by atoms with Gasteiger partial charge in [0.15, 0.2) is 22.5 Å². The van der Waals surface area contributed by atoms with Crippen LogP contribution in [0, 0.1) is 17.1 Å². The van der Waals surface area contributed by atoms with Crippen LogP contribution in [0.5, 0.6) is 5.75 Å². The molecule has 0 N–H and O–H groups in total. The van der Waals surface area contributed by atoms with Crippen LogP contribution in [0.4, 0.5) is 4.39 Å². The number of benzene rings is 1. The van der Waals surface area contributed by atoms with Gasteiger partial charge in [-0.2, -0.15) is 5.26 Å². The zero-order valence-corrected chi connectivity index (χ0v) is 12.0. The van der Waals surface area contributed by atoms with Crippen LogP contribution in [0.25, 0.3) is 0 Å².